The molecule has 0 saturated heterocycles. The monoisotopic (exact) mass is 274 g/mol. The van der Waals surface area contributed by atoms with Crippen LogP contribution in [0.5, 0.6) is 0 Å². The van der Waals surface area contributed by atoms with Crippen LogP contribution in [0.15, 0.2) is 39.9 Å². The predicted molar refractivity (Wildman–Crippen MR) is 74.7 cm³/mol. The Bertz CT molecular complexity index is 716. The van der Waals surface area contributed by atoms with Gasteiger partial charge in [-0.25, -0.2) is 4.79 Å². The van der Waals surface area contributed by atoms with Crippen LogP contribution in [0.3, 0.4) is 0 Å². The zero-order valence-corrected chi connectivity index (χ0v) is 10.6. The first-order valence-corrected chi connectivity index (χ1v) is 5.88. The van der Waals surface area contributed by atoms with E-state index in [-0.39, 0.29) is 5.82 Å². The number of anilines is 2. The number of H-pyrrole nitrogens is 2. The number of hydrogen-bond acceptors (Lipinski definition) is 5. The van der Waals surface area contributed by atoms with Crippen molar-refractivity contribution in [1.82, 2.24) is 9.97 Å². The lowest BCUT2D eigenvalue weighted by atomic mass is 10.1. The standard InChI is InChI=1S/C12H10N4O2S/c13-6-9(19)7-2-1-3-8(4-7)14-10-5-11(17)16-12(18)15-10/h1-5,9,19H,(H3,14,15,16,17,18). The van der Waals surface area contributed by atoms with Gasteiger partial charge >= 0.3 is 5.69 Å². The lowest BCUT2D eigenvalue weighted by molar-refractivity contribution is 1.04. The van der Waals surface area contributed by atoms with Crippen LogP contribution in [0.25, 0.3) is 0 Å². The van der Waals surface area contributed by atoms with Crippen molar-refractivity contribution in [2.24, 2.45) is 0 Å². The van der Waals surface area contributed by atoms with E-state index in [1.54, 1.807) is 24.3 Å². The van der Waals surface area contributed by atoms with Gasteiger partial charge in [-0.2, -0.15) is 17.9 Å². The molecular formula is C12H10N4O2S. The molecule has 2 aromatic rings. The molecule has 7 heteroatoms. The van der Waals surface area contributed by atoms with E-state index in [1.807, 2.05) is 6.07 Å². The maximum Gasteiger partial charge on any atom is 0.327 e. The zero-order valence-electron chi connectivity index (χ0n) is 9.68. The minimum Gasteiger partial charge on any atom is -0.342 e. The number of nitriles is 1. The molecule has 0 aliphatic heterocycles. The first-order chi connectivity index (χ1) is 9.08. The topological polar surface area (TPSA) is 102 Å². The normalized spacial score (nSPS) is 11.6. The average Bonchev–Trinajstić information content (AvgIpc) is 2.37. The van der Waals surface area contributed by atoms with Crippen molar-refractivity contribution in [1.29, 1.82) is 5.26 Å². The first kappa shape index (κ1) is 13.0. The van der Waals surface area contributed by atoms with Gasteiger partial charge in [0.25, 0.3) is 5.56 Å². The Kier molecular flexibility index (Phi) is 3.73. The van der Waals surface area contributed by atoms with Gasteiger partial charge in [0.05, 0.1) is 6.07 Å². The second-order valence-corrected chi connectivity index (χ2v) is 4.30. The van der Waals surface area contributed by atoms with Crippen LogP contribution in [0.2, 0.25) is 0 Å². The van der Waals surface area contributed by atoms with Crippen molar-refractivity contribution < 1.29 is 0 Å². The molecule has 1 atom stereocenters. The van der Waals surface area contributed by atoms with E-state index < -0.39 is 16.5 Å². The summed E-state index contributed by atoms with van der Waals surface area (Å²) in [5.74, 6) is 0.276. The molecule has 0 aliphatic rings. The van der Waals surface area contributed by atoms with E-state index >= 15 is 0 Å². The van der Waals surface area contributed by atoms with Crippen molar-refractivity contribution in [2.75, 3.05) is 5.32 Å². The Morgan fingerprint density at radius 2 is 2.05 bits per heavy atom. The Morgan fingerprint density at radius 3 is 2.74 bits per heavy atom. The van der Waals surface area contributed by atoms with Crippen molar-refractivity contribution in [3.63, 3.8) is 0 Å². The molecule has 0 saturated carbocycles. The maximum atomic E-state index is 11.2. The van der Waals surface area contributed by atoms with Crippen LogP contribution in [-0.2, 0) is 0 Å². The Hall–Kier alpha value is -2.46. The Labute approximate surface area is 113 Å². The minimum absolute atomic E-state index is 0.276. The van der Waals surface area contributed by atoms with E-state index in [1.165, 1.54) is 6.07 Å². The second kappa shape index (κ2) is 5.46. The molecule has 2 rings (SSSR count). The van der Waals surface area contributed by atoms with E-state index in [9.17, 15) is 9.59 Å². The molecule has 1 unspecified atom stereocenters. The highest BCUT2D eigenvalue weighted by Gasteiger charge is 2.05. The average molecular weight is 274 g/mol. The van der Waals surface area contributed by atoms with Crippen molar-refractivity contribution in [3.05, 3.63) is 56.7 Å². The van der Waals surface area contributed by atoms with E-state index in [4.69, 9.17) is 5.26 Å². The van der Waals surface area contributed by atoms with Gasteiger partial charge in [-0.05, 0) is 17.7 Å². The quantitative estimate of drug-likeness (QED) is 0.634. The van der Waals surface area contributed by atoms with Crippen LogP contribution >= 0.6 is 12.6 Å². The third-order valence-electron chi connectivity index (χ3n) is 2.36. The smallest absolute Gasteiger partial charge is 0.327 e. The molecule has 1 heterocycles. The molecule has 6 nitrogen and oxygen atoms in total. The molecule has 0 bridgehead atoms. The molecule has 0 radical (unpaired) electrons. The number of rotatable bonds is 3. The lowest BCUT2D eigenvalue weighted by Crippen LogP contribution is -2.22. The summed E-state index contributed by atoms with van der Waals surface area (Å²) in [6, 6.07) is 10.2. The lowest BCUT2D eigenvalue weighted by Gasteiger charge is -2.08. The summed E-state index contributed by atoms with van der Waals surface area (Å²) in [6.45, 7) is 0. The first-order valence-electron chi connectivity index (χ1n) is 5.37. The second-order valence-electron chi connectivity index (χ2n) is 3.78. The van der Waals surface area contributed by atoms with Gasteiger partial charge in [0.1, 0.15) is 11.1 Å². The molecule has 96 valence electrons. The molecule has 3 N–H and O–H groups in total. The number of aromatic amines is 2. The van der Waals surface area contributed by atoms with Gasteiger partial charge in [0.2, 0.25) is 0 Å². The van der Waals surface area contributed by atoms with Gasteiger partial charge in [-0.3, -0.25) is 14.8 Å². The number of nitrogens with zero attached hydrogens (tertiary/aromatic N) is 1. The summed E-state index contributed by atoms with van der Waals surface area (Å²) in [5.41, 5.74) is 0.290. The van der Waals surface area contributed by atoms with Crippen LogP contribution in [0.1, 0.15) is 10.8 Å². The fourth-order valence-corrected chi connectivity index (χ4v) is 1.71. The van der Waals surface area contributed by atoms with Gasteiger partial charge in [-0.15, -0.1) is 0 Å². The summed E-state index contributed by atoms with van der Waals surface area (Å²) < 4.78 is 0. The molecule has 1 aromatic heterocycles. The van der Waals surface area contributed by atoms with Crippen molar-refractivity contribution in [2.45, 2.75) is 5.25 Å². The minimum atomic E-state index is -0.588. The molecule has 19 heavy (non-hydrogen) atoms. The highest BCUT2D eigenvalue weighted by molar-refractivity contribution is 7.80. The summed E-state index contributed by atoms with van der Waals surface area (Å²) in [7, 11) is 0. The summed E-state index contributed by atoms with van der Waals surface area (Å²) in [5, 5.41) is 11.2. The zero-order chi connectivity index (χ0) is 13.8. The summed E-state index contributed by atoms with van der Waals surface area (Å²) in [6.07, 6.45) is 0. The predicted octanol–water partition coefficient (Wildman–Crippen LogP) is 1.30. The van der Waals surface area contributed by atoms with Gasteiger partial charge < -0.3 is 5.32 Å². The molecule has 1 aromatic carbocycles. The number of benzene rings is 1. The van der Waals surface area contributed by atoms with Gasteiger partial charge in [0.15, 0.2) is 0 Å². The highest BCUT2D eigenvalue weighted by Crippen LogP contribution is 2.22. The summed E-state index contributed by atoms with van der Waals surface area (Å²) >= 11 is 4.12. The number of thiol groups is 1. The molecule has 0 amide bonds. The number of aromatic nitrogens is 2. The molecule has 0 aliphatic carbocycles. The largest absolute Gasteiger partial charge is 0.342 e. The number of hydrogen-bond donors (Lipinski definition) is 4. The fourth-order valence-electron chi connectivity index (χ4n) is 1.55. The summed E-state index contributed by atoms with van der Waals surface area (Å²) in [4.78, 5) is 26.8. The van der Waals surface area contributed by atoms with E-state index in [0.717, 1.165) is 5.56 Å². The third kappa shape index (κ3) is 3.26. The molecule has 0 fully saturated rings. The Balaban J connectivity index is 2.31. The van der Waals surface area contributed by atoms with Crippen molar-refractivity contribution >= 4 is 24.1 Å². The van der Waals surface area contributed by atoms with Crippen molar-refractivity contribution in [3.8, 4) is 6.07 Å². The van der Waals surface area contributed by atoms with Crippen LogP contribution in [0.4, 0.5) is 11.5 Å². The van der Waals surface area contributed by atoms with E-state index in [2.05, 4.69) is 27.9 Å². The Morgan fingerprint density at radius 1 is 1.26 bits per heavy atom. The molecular weight excluding hydrogens is 264 g/mol. The number of nitrogens with one attached hydrogen (secondary N) is 3. The van der Waals surface area contributed by atoms with E-state index in [0.29, 0.717) is 5.69 Å². The van der Waals surface area contributed by atoms with Crippen LogP contribution in [0, 0.1) is 11.3 Å². The van der Waals surface area contributed by atoms with Crippen LogP contribution in [-0.4, -0.2) is 9.97 Å². The SMILES string of the molecule is N#CC(S)c1cccc(Nc2cc(=O)[nH]c(=O)[nH]2)c1. The maximum absolute atomic E-state index is 11.2. The third-order valence-corrected chi connectivity index (χ3v) is 2.78. The molecule has 0 spiro atoms. The fraction of sp³-hybridized carbons (Fsp3) is 0.0833. The highest BCUT2D eigenvalue weighted by atomic mass is 32.1. The van der Waals surface area contributed by atoms with Crippen LogP contribution < -0.4 is 16.6 Å². The van der Waals surface area contributed by atoms with Gasteiger partial charge in [-0.1, -0.05) is 12.1 Å². The van der Waals surface area contributed by atoms with Gasteiger partial charge in [0, 0.05) is 11.8 Å².